The number of sulfonamides is 1. The molecule has 174 valence electrons. The smallest absolute Gasteiger partial charge is 0.243 e. The van der Waals surface area contributed by atoms with E-state index in [1.165, 1.54) is 9.87 Å². The number of aryl methyl sites for hydroxylation is 1. The van der Waals surface area contributed by atoms with Gasteiger partial charge in [0, 0.05) is 39.3 Å². The molecule has 0 bridgehead atoms. The zero-order valence-corrected chi connectivity index (χ0v) is 20.1. The Balaban J connectivity index is 1.46. The molecule has 1 saturated heterocycles. The third-order valence-electron chi connectivity index (χ3n) is 5.83. The zero-order chi connectivity index (χ0) is 23.1. The highest BCUT2D eigenvalue weighted by molar-refractivity contribution is 7.89. The molecular weight excluding hydrogens is 424 g/mol. The van der Waals surface area contributed by atoms with E-state index >= 15 is 0 Å². The molecule has 0 saturated carbocycles. The Bertz CT molecular complexity index is 1000. The summed E-state index contributed by atoms with van der Waals surface area (Å²) in [6.07, 6.45) is 0. The van der Waals surface area contributed by atoms with Crippen LogP contribution in [0, 0.1) is 6.92 Å². The lowest BCUT2D eigenvalue weighted by molar-refractivity contribution is -0.122. The van der Waals surface area contributed by atoms with Crippen molar-refractivity contribution in [3.8, 4) is 0 Å². The summed E-state index contributed by atoms with van der Waals surface area (Å²) in [4.78, 5) is 17.0. The molecule has 0 unspecified atom stereocenters. The molecule has 7 nitrogen and oxygen atoms in total. The van der Waals surface area contributed by atoms with Crippen molar-refractivity contribution in [3.05, 3.63) is 65.2 Å². The maximum Gasteiger partial charge on any atom is 0.243 e. The fraction of sp³-hybridized carbons (Fsp3) is 0.458. The van der Waals surface area contributed by atoms with Crippen molar-refractivity contribution in [1.29, 1.82) is 0 Å². The number of rotatable bonds is 9. The van der Waals surface area contributed by atoms with Gasteiger partial charge in [-0.2, -0.15) is 4.31 Å². The van der Waals surface area contributed by atoms with Gasteiger partial charge in [-0.1, -0.05) is 48.9 Å². The molecule has 2 aromatic carbocycles. The monoisotopic (exact) mass is 458 g/mol. The Hall–Kier alpha value is -2.26. The SMILES string of the molecule is CCN(C)Cc1cccc(CNC(=O)CN2CCN(S(=O)(=O)c3ccc(C)cc3)CC2)c1. The number of carbonyl (C=O) groups is 1. The molecule has 3 rings (SSSR count). The predicted octanol–water partition coefficient (Wildman–Crippen LogP) is 2.07. The predicted molar refractivity (Wildman–Crippen MR) is 127 cm³/mol. The van der Waals surface area contributed by atoms with E-state index in [9.17, 15) is 13.2 Å². The summed E-state index contributed by atoms with van der Waals surface area (Å²) in [6, 6.07) is 15.2. The van der Waals surface area contributed by atoms with Crippen molar-refractivity contribution in [2.24, 2.45) is 0 Å². The summed E-state index contributed by atoms with van der Waals surface area (Å²) in [6.45, 7) is 8.54. The van der Waals surface area contributed by atoms with Gasteiger partial charge in [-0.15, -0.1) is 0 Å². The topological polar surface area (TPSA) is 73.0 Å². The third-order valence-corrected chi connectivity index (χ3v) is 7.74. The van der Waals surface area contributed by atoms with Crippen LogP contribution in [0.2, 0.25) is 0 Å². The minimum Gasteiger partial charge on any atom is -0.351 e. The van der Waals surface area contributed by atoms with Gasteiger partial charge in [0.05, 0.1) is 11.4 Å². The van der Waals surface area contributed by atoms with Crippen LogP contribution in [0.4, 0.5) is 0 Å². The molecule has 0 spiro atoms. The van der Waals surface area contributed by atoms with Crippen LogP contribution in [0.1, 0.15) is 23.6 Å². The Morgan fingerprint density at radius 3 is 2.34 bits per heavy atom. The summed E-state index contributed by atoms with van der Waals surface area (Å²) in [5, 5.41) is 2.99. The van der Waals surface area contributed by atoms with Crippen LogP contribution in [0.15, 0.2) is 53.4 Å². The molecule has 0 aliphatic carbocycles. The molecule has 1 aliphatic rings. The number of hydrogen-bond acceptors (Lipinski definition) is 5. The maximum absolute atomic E-state index is 12.8. The Kier molecular flexibility index (Phi) is 8.42. The molecule has 1 heterocycles. The highest BCUT2D eigenvalue weighted by Gasteiger charge is 2.28. The van der Waals surface area contributed by atoms with E-state index in [2.05, 4.69) is 36.3 Å². The number of hydrogen-bond donors (Lipinski definition) is 1. The summed E-state index contributed by atoms with van der Waals surface area (Å²) >= 11 is 0. The van der Waals surface area contributed by atoms with Crippen LogP contribution < -0.4 is 5.32 Å². The first kappa shape index (κ1) is 24.4. The minimum absolute atomic E-state index is 0.0454. The first-order chi connectivity index (χ1) is 15.3. The average Bonchev–Trinajstić information content (AvgIpc) is 2.78. The van der Waals surface area contributed by atoms with E-state index in [4.69, 9.17) is 0 Å². The van der Waals surface area contributed by atoms with Gasteiger partial charge in [-0.05, 0) is 43.8 Å². The molecule has 8 heteroatoms. The van der Waals surface area contributed by atoms with Crippen molar-refractivity contribution in [1.82, 2.24) is 19.4 Å². The van der Waals surface area contributed by atoms with Crippen molar-refractivity contribution in [2.75, 3.05) is 46.3 Å². The first-order valence-corrected chi connectivity index (χ1v) is 12.5. The number of piperazine rings is 1. The van der Waals surface area contributed by atoms with Gasteiger partial charge in [-0.25, -0.2) is 8.42 Å². The lowest BCUT2D eigenvalue weighted by Crippen LogP contribution is -2.50. The van der Waals surface area contributed by atoms with E-state index in [1.807, 2.05) is 36.1 Å². The summed E-state index contributed by atoms with van der Waals surface area (Å²) < 4.78 is 27.2. The van der Waals surface area contributed by atoms with Crippen LogP contribution in [0.5, 0.6) is 0 Å². The molecule has 0 atom stereocenters. The number of benzene rings is 2. The molecule has 0 aromatic heterocycles. The highest BCUT2D eigenvalue weighted by Crippen LogP contribution is 2.18. The zero-order valence-electron chi connectivity index (χ0n) is 19.3. The second-order valence-electron chi connectivity index (χ2n) is 8.42. The van der Waals surface area contributed by atoms with Gasteiger partial charge in [-0.3, -0.25) is 9.69 Å². The molecule has 32 heavy (non-hydrogen) atoms. The second-order valence-corrected chi connectivity index (χ2v) is 10.4. The molecule has 0 radical (unpaired) electrons. The average molecular weight is 459 g/mol. The first-order valence-electron chi connectivity index (χ1n) is 11.1. The lowest BCUT2D eigenvalue weighted by Gasteiger charge is -2.33. The quantitative estimate of drug-likeness (QED) is 0.623. The number of nitrogens with one attached hydrogen (secondary N) is 1. The van der Waals surface area contributed by atoms with Gasteiger partial charge in [0.1, 0.15) is 0 Å². The van der Waals surface area contributed by atoms with Gasteiger partial charge in [0.2, 0.25) is 15.9 Å². The fourth-order valence-electron chi connectivity index (χ4n) is 3.71. The van der Waals surface area contributed by atoms with E-state index in [0.717, 1.165) is 24.2 Å². The third kappa shape index (κ3) is 6.62. The largest absolute Gasteiger partial charge is 0.351 e. The summed E-state index contributed by atoms with van der Waals surface area (Å²) in [5.74, 6) is -0.0454. The van der Waals surface area contributed by atoms with Crippen LogP contribution in [0.25, 0.3) is 0 Å². The van der Waals surface area contributed by atoms with Crippen LogP contribution in [0.3, 0.4) is 0 Å². The molecule has 1 aliphatic heterocycles. The van der Waals surface area contributed by atoms with E-state index in [0.29, 0.717) is 37.6 Å². The molecule has 1 amide bonds. The standard InChI is InChI=1S/C24H34N4O3S/c1-4-26(3)18-22-7-5-6-21(16-22)17-25-24(29)19-27-12-14-28(15-13-27)32(30,31)23-10-8-20(2)9-11-23/h5-11,16H,4,12-15,17-19H2,1-3H3,(H,25,29). The van der Waals surface area contributed by atoms with Crippen LogP contribution in [-0.4, -0.2) is 74.7 Å². The fourth-order valence-corrected chi connectivity index (χ4v) is 5.13. The van der Waals surface area contributed by atoms with Crippen LogP contribution >= 0.6 is 0 Å². The Morgan fingerprint density at radius 1 is 1.03 bits per heavy atom. The van der Waals surface area contributed by atoms with Crippen LogP contribution in [-0.2, 0) is 27.9 Å². The highest BCUT2D eigenvalue weighted by atomic mass is 32.2. The number of nitrogens with zero attached hydrogens (tertiary/aromatic N) is 3. The minimum atomic E-state index is -3.49. The van der Waals surface area contributed by atoms with E-state index < -0.39 is 10.0 Å². The normalized spacial score (nSPS) is 15.8. The van der Waals surface area contributed by atoms with Gasteiger partial charge in [0.15, 0.2) is 0 Å². The van der Waals surface area contributed by atoms with Crippen molar-refractivity contribution in [2.45, 2.75) is 31.8 Å². The number of carbonyl (C=O) groups excluding carboxylic acids is 1. The molecule has 1 fully saturated rings. The Labute approximate surface area is 192 Å². The number of amides is 1. The second kappa shape index (κ2) is 11.0. The van der Waals surface area contributed by atoms with E-state index in [1.54, 1.807) is 12.1 Å². The van der Waals surface area contributed by atoms with Crippen molar-refractivity contribution in [3.63, 3.8) is 0 Å². The Morgan fingerprint density at radius 2 is 1.69 bits per heavy atom. The van der Waals surface area contributed by atoms with Crippen molar-refractivity contribution >= 4 is 15.9 Å². The van der Waals surface area contributed by atoms with Crippen molar-refractivity contribution < 1.29 is 13.2 Å². The lowest BCUT2D eigenvalue weighted by atomic mass is 10.1. The van der Waals surface area contributed by atoms with Gasteiger partial charge < -0.3 is 10.2 Å². The van der Waals surface area contributed by atoms with E-state index in [-0.39, 0.29) is 12.5 Å². The van der Waals surface area contributed by atoms with Gasteiger partial charge >= 0.3 is 0 Å². The molecule has 2 aromatic rings. The molecular formula is C24H34N4O3S. The summed E-state index contributed by atoms with van der Waals surface area (Å²) in [5.41, 5.74) is 3.33. The molecule has 1 N–H and O–H groups in total. The summed E-state index contributed by atoms with van der Waals surface area (Å²) in [7, 11) is -1.41. The maximum atomic E-state index is 12.8. The van der Waals surface area contributed by atoms with Gasteiger partial charge in [0.25, 0.3) is 0 Å².